The third-order valence-electron chi connectivity index (χ3n) is 6.80. The van der Waals surface area contributed by atoms with Gasteiger partial charge in [0.25, 0.3) is 0 Å². The number of benzene rings is 2. The molecule has 0 aromatic heterocycles. The van der Waals surface area contributed by atoms with Gasteiger partial charge in [0.05, 0.1) is 6.61 Å². The molecule has 0 spiro atoms. The van der Waals surface area contributed by atoms with E-state index in [0.29, 0.717) is 11.3 Å². The molecule has 0 aliphatic carbocycles. The van der Waals surface area contributed by atoms with Crippen LogP contribution in [0.1, 0.15) is 76.3 Å². The molecule has 2 aromatic rings. The average Bonchev–Trinajstić information content (AvgIpc) is 2.94. The lowest BCUT2D eigenvalue weighted by Gasteiger charge is -2.35. The van der Waals surface area contributed by atoms with Gasteiger partial charge >= 0.3 is 12.1 Å². The third kappa shape index (κ3) is 12.7. The summed E-state index contributed by atoms with van der Waals surface area (Å²) in [6.45, 7) is 13.5. The third-order valence-corrected chi connectivity index (χ3v) is 7.45. The van der Waals surface area contributed by atoms with Crippen LogP contribution in [0.5, 0.6) is 0 Å². The number of ether oxygens (including phenoxy) is 2. The largest absolute Gasteiger partial charge is 0.458 e. The van der Waals surface area contributed by atoms with Gasteiger partial charge in [0.1, 0.15) is 29.3 Å². The predicted molar refractivity (Wildman–Crippen MR) is 182 cm³/mol. The molecule has 10 nitrogen and oxygen atoms in total. The van der Waals surface area contributed by atoms with Crippen molar-refractivity contribution in [1.29, 1.82) is 0 Å². The van der Waals surface area contributed by atoms with Crippen LogP contribution in [0.2, 0.25) is 0 Å². The Balaban J connectivity index is 2.62. The molecule has 0 fully saturated rings. The van der Waals surface area contributed by atoms with Crippen LogP contribution in [0.3, 0.4) is 0 Å². The zero-order valence-electron chi connectivity index (χ0n) is 28.6. The van der Waals surface area contributed by atoms with Crippen molar-refractivity contribution >= 4 is 35.6 Å². The molecule has 0 saturated carbocycles. The first-order chi connectivity index (χ1) is 21.5. The molecule has 254 valence electrons. The summed E-state index contributed by atoms with van der Waals surface area (Å²) >= 11 is 1.50. The van der Waals surface area contributed by atoms with Crippen molar-refractivity contribution in [3.63, 3.8) is 0 Å². The SMILES string of the molecule is CSCCC(NC(=O)OC(C)(C)C)C(=O)N(CCO)C(C(=O)NC(Cc1ccccc1)C(=O)OC(C)(C)C)c1cc(C)ccc1C. The molecule has 3 amide bonds. The van der Waals surface area contributed by atoms with E-state index in [0.717, 1.165) is 16.7 Å². The number of alkyl carbamates (subject to hydrolysis) is 1. The van der Waals surface area contributed by atoms with E-state index in [1.54, 1.807) is 41.5 Å². The van der Waals surface area contributed by atoms with Gasteiger partial charge in [-0.25, -0.2) is 9.59 Å². The van der Waals surface area contributed by atoms with Crippen molar-refractivity contribution in [3.05, 3.63) is 70.8 Å². The number of hydrogen-bond donors (Lipinski definition) is 3. The first-order valence-electron chi connectivity index (χ1n) is 15.5. The molecule has 11 heteroatoms. The van der Waals surface area contributed by atoms with Gasteiger partial charge in [-0.2, -0.15) is 11.8 Å². The van der Waals surface area contributed by atoms with Crippen LogP contribution < -0.4 is 10.6 Å². The Hall–Kier alpha value is -3.57. The molecule has 2 rings (SSSR count). The van der Waals surface area contributed by atoms with Crippen molar-refractivity contribution in [2.24, 2.45) is 0 Å². The minimum atomic E-state index is -1.24. The summed E-state index contributed by atoms with van der Waals surface area (Å²) in [5.74, 6) is -1.26. The number of carbonyl (C=O) groups excluding carboxylic acids is 4. The smallest absolute Gasteiger partial charge is 0.408 e. The van der Waals surface area contributed by atoms with Crippen LogP contribution in [-0.2, 0) is 30.3 Å². The van der Waals surface area contributed by atoms with E-state index in [1.807, 2.05) is 68.6 Å². The number of esters is 1. The molecule has 0 bridgehead atoms. The number of amides is 3. The zero-order valence-corrected chi connectivity index (χ0v) is 29.5. The van der Waals surface area contributed by atoms with E-state index in [-0.39, 0.29) is 19.4 Å². The van der Waals surface area contributed by atoms with Gasteiger partial charge in [-0.05, 0) is 90.5 Å². The fourth-order valence-corrected chi connectivity index (χ4v) is 5.26. The highest BCUT2D eigenvalue weighted by Crippen LogP contribution is 2.28. The number of nitrogens with one attached hydrogen (secondary N) is 2. The Morgan fingerprint density at radius 2 is 1.52 bits per heavy atom. The quantitative estimate of drug-likeness (QED) is 0.245. The Morgan fingerprint density at radius 1 is 0.891 bits per heavy atom. The van der Waals surface area contributed by atoms with Gasteiger partial charge in [0, 0.05) is 13.0 Å². The summed E-state index contributed by atoms with van der Waals surface area (Å²) in [4.78, 5) is 56.3. The van der Waals surface area contributed by atoms with Crippen molar-refractivity contribution in [3.8, 4) is 0 Å². The predicted octanol–water partition coefficient (Wildman–Crippen LogP) is 4.88. The number of rotatable bonds is 14. The number of aliphatic hydroxyl groups excluding tert-OH is 1. The standard InChI is InChI=1S/C35H51N3O7S/c1-23-15-16-24(2)26(21-23)29(30(40)36-28(32(42)44-34(3,4)5)22-25-13-11-10-12-14-25)38(18-19-39)31(41)27(17-20-46-9)37-33(43)45-35(6,7)8/h10-16,21,27-29,39H,17-20,22H2,1-9H3,(H,36,40)(H,37,43). The lowest BCUT2D eigenvalue weighted by Crippen LogP contribution is -2.55. The van der Waals surface area contributed by atoms with Gasteiger partial charge in [0.15, 0.2) is 0 Å². The van der Waals surface area contributed by atoms with E-state index in [4.69, 9.17) is 9.47 Å². The lowest BCUT2D eigenvalue weighted by atomic mass is 9.95. The van der Waals surface area contributed by atoms with E-state index in [2.05, 4.69) is 10.6 Å². The molecule has 3 N–H and O–H groups in total. The highest BCUT2D eigenvalue weighted by molar-refractivity contribution is 7.98. The van der Waals surface area contributed by atoms with E-state index < -0.39 is 59.8 Å². The van der Waals surface area contributed by atoms with Crippen molar-refractivity contribution in [2.45, 2.75) is 97.6 Å². The molecule has 0 aliphatic heterocycles. The zero-order chi connectivity index (χ0) is 34.7. The number of aryl methyl sites for hydroxylation is 2. The van der Waals surface area contributed by atoms with Gasteiger partial charge in [-0.15, -0.1) is 0 Å². The average molecular weight is 658 g/mol. The van der Waals surface area contributed by atoms with Crippen LogP contribution in [-0.4, -0.2) is 82.3 Å². The molecule has 0 radical (unpaired) electrons. The number of thioether (sulfide) groups is 1. The molecule has 0 saturated heterocycles. The van der Waals surface area contributed by atoms with Crippen LogP contribution >= 0.6 is 11.8 Å². The maximum absolute atomic E-state index is 14.4. The van der Waals surface area contributed by atoms with E-state index >= 15 is 0 Å². The highest BCUT2D eigenvalue weighted by Gasteiger charge is 2.38. The second kappa shape index (κ2) is 17.4. The van der Waals surface area contributed by atoms with Gasteiger partial charge in [-0.1, -0.05) is 54.1 Å². The fraction of sp³-hybridized carbons (Fsp3) is 0.543. The second-order valence-corrected chi connectivity index (χ2v) is 14.3. The summed E-state index contributed by atoms with van der Waals surface area (Å²) in [6.07, 6.45) is 1.54. The van der Waals surface area contributed by atoms with Gasteiger partial charge in [-0.3, -0.25) is 9.59 Å². The molecule has 0 heterocycles. The van der Waals surface area contributed by atoms with E-state index in [1.165, 1.54) is 16.7 Å². The van der Waals surface area contributed by atoms with Gasteiger partial charge in [0.2, 0.25) is 11.8 Å². The summed E-state index contributed by atoms with van der Waals surface area (Å²) < 4.78 is 11.1. The van der Waals surface area contributed by atoms with Crippen molar-refractivity contribution < 1.29 is 33.8 Å². The maximum atomic E-state index is 14.4. The fourth-order valence-electron chi connectivity index (χ4n) is 4.79. The van der Waals surface area contributed by atoms with Gasteiger partial charge < -0.3 is 30.1 Å². The van der Waals surface area contributed by atoms with Crippen LogP contribution in [0.4, 0.5) is 4.79 Å². The summed E-state index contributed by atoms with van der Waals surface area (Å²) in [5.41, 5.74) is 1.33. The summed E-state index contributed by atoms with van der Waals surface area (Å²) in [5, 5.41) is 15.7. The van der Waals surface area contributed by atoms with Crippen molar-refractivity contribution in [1.82, 2.24) is 15.5 Å². The molecule has 3 atom stereocenters. The van der Waals surface area contributed by atoms with Crippen LogP contribution in [0.15, 0.2) is 48.5 Å². The van der Waals surface area contributed by atoms with Crippen molar-refractivity contribution in [2.75, 3.05) is 25.2 Å². The Labute approximate surface area is 278 Å². The second-order valence-electron chi connectivity index (χ2n) is 13.3. The minimum absolute atomic E-state index is 0.158. The Kier molecular flexibility index (Phi) is 14.6. The van der Waals surface area contributed by atoms with Crippen LogP contribution in [0.25, 0.3) is 0 Å². The number of carbonyl (C=O) groups is 4. The Morgan fingerprint density at radius 3 is 2.09 bits per heavy atom. The van der Waals surface area contributed by atoms with Crippen LogP contribution in [0, 0.1) is 13.8 Å². The molecule has 46 heavy (non-hydrogen) atoms. The lowest BCUT2D eigenvalue weighted by molar-refractivity contribution is -0.159. The highest BCUT2D eigenvalue weighted by atomic mass is 32.2. The first-order valence-corrected chi connectivity index (χ1v) is 16.9. The summed E-state index contributed by atoms with van der Waals surface area (Å²) in [7, 11) is 0. The molecule has 3 unspecified atom stereocenters. The molecular formula is C35H51N3O7S. The first kappa shape index (κ1) is 38.6. The Bertz CT molecular complexity index is 1320. The van der Waals surface area contributed by atoms with E-state index in [9.17, 15) is 24.3 Å². The molecule has 0 aliphatic rings. The molecule has 2 aromatic carbocycles. The number of aliphatic hydroxyl groups is 1. The topological polar surface area (TPSA) is 134 Å². The monoisotopic (exact) mass is 657 g/mol. The molecular weight excluding hydrogens is 606 g/mol. The summed E-state index contributed by atoms with van der Waals surface area (Å²) in [6, 6.07) is 11.5. The maximum Gasteiger partial charge on any atom is 0.408 e. The minimum Gasteiger partial charge on any atom is -0.458 e. The normalized spacial score (nSPS) is 13.6. The number of nitrogens with zero attached hydrogens (tertiary/aromatic N) is 1. The number of hydrogen-bond acceptors (Lipinski definition) is 8.